The van der Waals surface area contributed by atoms with E-state index >= 15 is 0 Å². The second-order valence-corrected chi connectivity index (χ2v) is 5.98. The number of hydrogen-bond acceptors (Lipinski definition) is 4. The van der Waals surface area contributed by atoms with Crippen molar-refractivity contribution in [1.29, 1.82) is 0 Å². The third-order valence-electron chi connectivity index (χ3n) is 4.48. The van der Waals surface area contributed by atoms with Crippen LogP contribution in [0.25, 0.3) is 10.9 Å². The van der Waals surface area contributed by atoms with Crippen LogP contribution in [0.15, 0.2) is 30.3 Å². The standard InChI is InChI=1S/C17H21N3O2/c1-12-2-3-13-10-14(4-5-15(13)19-12)17(22)6-8-20(9-7-17)16(21)11-18/h2-5,10,22H,6-9,11,18H2,1H3. The zero-order chi connectivity index (χ0) is 15.7. The molecule has 0 bridgehead atoms. The number of carbonyl (C=O) groups excluding carboxylic acids is 1. The first-order chi connectivity index (χ1) is 10.5. The van der Waals surface area contributed by atoms with E-state index in [-0.39, 0.29) is 12.5 Å². The Kier molecular flexibility index (Phi) is 3.85. The number of hydrogen-bond donors (Lipinski definition) is 2. The number of fused-ring (bicyclic) bond motifs is 1. The van der Waals surface area contributed by atoms with Crippen molar-refractivity contribution in [2.75, 3.05) is 19.6 Å². The lowest BCUT2D eigenvalue weighted by Gasteiger charge is -2.38. The minimum absolute atomic E-state index is 0.0272. The molecule has 116 valence electrons. The summed E-state index contributed by atoms with van der Waals surface area (Å²) in [5.74, 6) is -0.0553. The number of nitrogens with two attached hydrogens (primary N) is 1. The summed E-state index contributed by atoms with van der Waals surface area (Å²) in [4.78, 5) is 17.8. The number of carbonyl (C=O) groups is 1. The number of piperidine rings is 1. The Morgan fingerprint density at radius 1 is 1.32 bits per heavy atom. The van der Waals surface area contributed by atoms with Gasteiger partial charge in [-0.2, -0.15) is 0 Å². The first-order valence-corrected chi connectivity index (χ1v) is 7.60. The van der Waals surface area contributed by atoms with E-state index in [9.17, 15) is 9.90 Å². The maximum atomic E-state index is 11.6. The predicted molar refractivity (Wildman–Crippen MR) is 85.2 cm³/mol. The summed E-state index contributed by atoms with van der Waals surface area (Å²) >= 11 is 0. The molecule has 1 saturated heterocycles. The van der Waals surface area contributed by atoms with Gasteiger partial charge in [-0.15, -0.1) is 0 Å². The molecule has 1 aliphatic heterocycles. The molecule has 1 fully saturated rings. The molecule has 1 amide bonds. The maximum Gasteiger partial charge on any atom is 0.236 e. The summed E-state index contributed by atoms with van der Waals surface area (Å²) in [5.41, 5.74) is 7.32. The number of nitrogens with zero attached hydrogens (tertiary/aromatic N) is 2. The Hall–Kier alpha value is -1.98. The fourth-order valence-corrected chi connectivity index (χ4v) is 3.06. The van der Waals surface area contributed by atoms with Gasteiger partial charge < -0.3 is 15.7 Å². The predicted octanol–water partition coefficient (Wildman–Crippen LogP) is 1.31. The van der Waals surface area contributed by atoms with E-state index < -0.39 is 5.60 Å². The van der Waals surface area contributed by atoms with Crippen molar-refractivity contribution in [2.45, 2.75) is 25.4 Å². The van der Waals surface area contributed by atoms with Crippen molar-refractivity contribution < 1.29 is 9.90 Å². The first-order valence-electron chi connectivity index (χ1n) is 7.60. The van der Waals surface area contributed by atoms with Gasteiger partial charge in [0.15, 0.2) is 0 Å². The van der Waals surface area contributed by atoms with Crippen molar-refractivity contribution in [3.63, 3.8) is 0 Å². The third kappa shape index (κ3) is 2.69. The molecular formula is C17H21N3O2. The normalized spacial score (nSPS) is 17.7. The molecule has 1 aromatic carbocycles. The fourth-order valence-electron chi connectivity index (χ4n) is 3.06. The Bertz CT molecular complexity index is 706. The SMILES string of the molecule is Cc1ccc2cc(C3(O)CCN(C(=O)CN)CC3)ccc2n1. The van der Waals surface area contributed by atoms with E-state index in [1.165, 1.54) is 0 Å². The van der Waals surface area contributed by atoms with E-state index in [0.717, 1.165) is 22.2 Å². The summed E-state index contributed by atoms with van der Waals surface area (Å²) in [5, 5.41) is 12.0. The lowest BCUT2D eigenvalue weighted by molar-refractivity contribution is -0.134. The van der Waals surface area contributed by atoms with Crippen LogP contribution in [0.4, 0.5) is 0 Å². The van der Waals surface area contributed by atoms with E-state index in [1.54, 1.807) is 4.90 Å². The minimum atomic E-state index is -0.884. The molecule has 2 heterocycles. The molecule has 0 saturated carbocycles. The van der Waals surface area contributed by atoms with Crippen LogP contribution in [-0.2, 0) is 10.4 Å². The van der Waals surface area contributed by atoms with Gasteiger partial charge in [0.25, 0.3) is 0 Å². The number of pyridine rings is 1. The topological polar surface area (TPSA) is 79.5 Å². The summed E-state index contributed by atoms with van der Waals surface area (Å²) in [6.07, 6.45) is 1.06. The Balaban J connectivity index is 1.84. The van der Waals surface area contributed by atoms with Crippen molar-refractivity contribution in [3.8, 4) is 0 Å². The van der Waals surface area contributed by atoms with Crippen molar-refractivity contribution >= 4 is 16.8 Å². The molecule has 1 aliphatic rings. The van der Waals surface area contributed by atoms with Gasteiger partial charge in [-0.05, 0) is 43.5 Å². The zero-order valence-electron chi connectivity index (χ0n) is 12.7. The zero-order valence-corrected chi connectivity index (χ0v) is 12.7. The number of benzene rings is 1. The molecule has 3 N–H and O–H groups in total. The number of aromatic nitrogens is 1. The van der Waals surface area contributed by atoms with E-state index in [1.807, 2.05) is 37.3 Å². The van der Waals surface area contributed by atoms with E-state index in [2.05, 4.69) is 4.98 Å². The number of rotatable bonds is 2. The van der Waals surface area contributed by atoms with E-state index in [4.69, 9.17) is 5.73 Å². The quantitative estimate of drug-likeness (QED) is 0.876. The number of aryl methyl sites for hydroxylation is 1. The van der Waals surface area contributed by atoms with Gasteiger partial charge in [-0.3, -0.25) is 9.78 Å². The van der Waals surface area contributed by atoms with Crippen molar-refractivity contribution in [3.05, 3.63) is 41.6 Å². The Labute approximate surface area is 129 Å². The van der Waals surface area contributed by atoms with Crippen LogP contribution in [0.3, 0.4) is 0 Å². The van der Waals surface area contributed by atoms with Crippen molar-refractivity contribution in [2.24, 2.45) is 5.73 Å². The van der Waals surface area contributed by atoms with Crippen LogP contribution in [-0.4, -0.2) is 40.5 Å². The van der Waals surface area contributed by atoms with Gasteiger partial charge in [0.2, 0.25) is 5.91 Å². The maximum absolute atomic E-state index is 11.6. The third-order valence-corrected chi connectivity index (χ3v) is 4.48. The van der Waals surface area contributed by atoms with Gasteiger partial charge in [-0.25, -0.2) is 0 Å². The highest BCUT2D eigenvalue weighted by molar-refractivity contribution is 5.80. The van der Waals surface area contributed by atoms with Crippen LogP contribution in [0, 0.1) is 6.92 Å². The van der Waals surface area contributed by atoms with Crippen LogP contribution in [0.5, 0.6) is 0 Å². The Morgan fingerprint density at radius 3 is 2.73 bits per heavy atom. The molecule has 0 radical (unpaired) electrons. The van der Waals surface area contributed by atoms with Gasteiger partial charge in [0.1, 0.15) is 0 Å². The minimum Gasteiger partial charge on any atom is -0.385 e. The molecule has 22 heavy (non-hydrogen) atoms. The van der Waals surface area contributed by atoms with Gasteiger partial charge in [-0.1, -0.05) is 12.1 Å². The molecule has 0 atom stereocenters. The molecule has 0 spiro atoms. The molecule has 0 unspecified atom stereocenters. The number of aliphatic hydroxyl groups is 1. The smallest absolute Gasteiger partial charge is 0.236 e. The summed E-state index contributed by atoms with van der Waals surface area (Å²) < 4.78 is 0. The average Bonchev–Trinajstić information content (AvgIpc) is 2.54. The second-order valence-electron chi connectivity index (χ2n) is 5.98. The average molecular weight is 299 g/mol. The highest BCUT2D eigenvalue weighted by Crippen LogP contribution is 2.34. The monoisotopic (exact) mass is 299 g/mol. The van der Waals surface area contributed by atoms with Crippen LogP contribution in [0.2, 0.25) is 0 Å². The molecule has 2 aromatic rings. The second kappa shape index (κ2) is 5.66. The Morgan fingerprint density at radius 2 is 2.05 bits per heavy atom. The van der Waals surface area contributed by atoms with Crippen LogP contribution in [0.1, 0.15) is 24.1 Å². The summed E-state index contributed by atoms with van der Waals surface area (Å²) in [6, 6.07) is 9.89. The highest BCUT2D eigenvalue weighted by Gasteiger charge is 2.35. The molecule has 5 nitrogen and oxygen atoms in total. The molecule has 1 aromatic heterocycles. The summed E-state index contributed by atoms with van der Waals surface area (Å²) in [6.45, 7) is 3.07. The molecular weight excluding hydrogens is 278 g/mol. The first kappa shape index (κ1) is 14.9. The summed E-state index contributed by atoms with van der Waals surface area (Å²) in [7, 11) is 0. The van der Waals surface area contributed by atoms with Crippen LogP contribution >= 0.6 is 0 Å². The highest BCUT2D eigenvalue weighted by atomic mass is 16.3. The number of amides is 1. The number of likely N-dealkylation sites (tertiary alicyclic amines) is 1. The largest absolute Gasteiger partial charge is 0.385 e. The van der Waals surface area contributed by atoms with Gasteiger partial charge >= 0.3 is 0 Å². The lowest BCUT2D eigenvalue weighted by atomic mass is 9.84. The van der Waals surface area contributed by atoms with Crippen LogP contribution < -0.4 is 5.73 Å². The van der Waals surface area contributed by atoms with E-state index in [0.29, 0.717) is 25.9 Å². The fraction of sp³-hybridized carbons (Fsp3) is 0.412. The van der Waals surface area contributed by atoms with Crippen molar-refractivity contribution in [1.82, 2.24) is 9.88 Å². The molecule has 3 rings (SSSR count). The van der Waals surface area contributed by atoms with Gasteiger partial charge in [0, 0.05) is 24.2 Å². The molecule has 5 heteroatoms. The lowest BCUT2D eigenvalue weighted by Crippen LogP contribution is -2.47. The molecule has 0 aliphatic carbocycles. The van der Waals surface area contributed by atoms with Gasteiger partial charge in [0.05, 0.1) is 17.7 Å².